The molecule has 0 bridgehead atoms. The first-order valence-corrected chi connectivity index (χ1v) is 13.3. The number of nitrogens with zero attached hydrogens (tertiary/aromatic N) is 3. The molecule has 0 aromatic heterocycles. The van der Waals surface area contributed by atoms with Crippen molar-refractivity contribution in [2.45, 2.75) is 71.8 Å². The maximum atomic E-state index is 12.3. The van der Waals surface area contributed by atoms with Crippen LogP contribution in [-0.4, -0.2) is 81.2 Å². The Morgan fingerprint density at radius 1 is 1.03 bits per heavy atom. The summed E-state index contributed by atoms with van der Waals surface area (Å²) in [6, 6.07) is 0.412. The summed E-state index contributed by atoms with van der Waals surface area (Å²) in [6.07, 6.45) is 9.30. The van der Waals surface area contributed by atoms with E-state index >= 15 is 0 Å². The molecule has 1 saturated carbocycles. The molecular formula is C21H44IN5O2S. The number of sulfonamides is 1. The van der Waals surface area contributed by atoms with Crippen molar-refractivity contribution in [2.75, 3.05) is 51.6 Å². The molecule has 178 valence electrons. The third-order valence-corrected chi connectivity index (χ3v) is 8.23. The summed E-state index contributed by atoms with van der Waals surface area (Å²) in [4.78, 5) is 7.17. The molecule has 2 rings (SSSR count). The summed E-state index contributed by atoms with van der Waals surface area (Å²) in [5.41, 5.74) is 0. The number of likely N-dealkylation sites (tertiary alicyclic amines) is 1. The SMILES string of the molecule is CCNC(=NCCS(=O)(=O)N(CC)CC)NC1CCN(CC2CCCCC2)CC1.I. The molecule has 1 aliphatic heterocycles. The summed E-state index contributed by atoms with van der Waals surface area (Å²) in [5.74, 6) is 1.71. The highest BCUT2D eigenvalue weighted by molar-refractivity contribution is 14.0. The Balaban J connectivity index is 0.00000450. The van der Waals surface area contributed by atoms with Gasteiger partial charge in [0.25, 0.3) is 0 Å². The van der Waals surface area contributed by atoms with E-state index in [9.17, 15) is 8.42 Å². The maximum Gasteiger partial charge on any atom is 0.215 e. The molecule has 0 unspecified atom stereocenters. The standard InChI is InChI=1S/C21H43N5O2S.HI/c1-4-22-21(23-14-17-29(27,28)26(5-2)6-3)24-20-12-15-25(16-13-20)18-19-10-8-7-9-11-19;/h19-20H,4-18H2,1-3H3,(H2,22,23,24);1H. The average Bonchev–Trinajstić information content (AvgIpc) is 2.71. The van der Waals surface area contributed by atoms with Crippen LogP contribution in [-0.2, 0) is 10.0 Å². The fourth-order valence-corrected chi connectivity index (χ4v) is 5.89. The van der Waals surface area contributed by atoms with Crippen LogP contribution in [0, 0.1) is 5.92 Å². The van der Waals surface area contributed by atoms with E-state index in [0.29, 0.717) is 19.1 Å². The molecule has 0 aromatic carbocycles. The van der Waals surface area contributed by atoms with Crippen LogP contribution in [0.15, 0.2) is 4.99 Å². The van der Waals surface area contributed by atoms with Crippen LogP contribution in [0.5, 0.6) is 0 Å². The fourth-order valence-electron chi connectivity index (χ4n) is 4.53. The molecule has 0 atom stereocenters. The van der Waals surface area contributed by atoms with Crippen LogP contribution >= 0.6 is 24.0 Å². The predicted molar refractivity (Wildman–Crippen MR) is 137 cm³/mol. The second kappa shape index (κ2) is 14.8. The van der Waals surface area contributed by atoms with Crippen molar-refractivity contribution in [2.24, 2.45) is 10.9 Å². The summed E-state index contributed by atoms with van der Waals surface area (Å²) in [5, 5.41) is 6.80. The summed E-state index contributed by atoms with van der Waals surface area (Å²) in [6.45, 7) is 11.4. The van der Waals surface area contributed by atoms with Gasteiger partial charge in [-0.3, -0.25) is 4.99 Å². The van der Waals surface area contributed by atoms with Crippen LogP contribution in [0.2, 0.25) is 0 Å². The number of halogens is 1. The highest BCUT2D eigenvalue weighted by Crippen LogP contribution is 2.25. The van der Waals surface area contributed by atoms with E-state index in [1.807, 2.05) is 20.8 Å². The Hall–Kier alpha value is -0.130. The van der Waals surface area contributed by atoms with E-state index in [1.165, 1.54) is 43.0 Å². The number of rotatable bonds is 10. The molecule has 0 aromatic rings. The van der Waals surface area contributed by atoms with E-state index in [4.69, 9.17) is 0 Å². The van der Waals surface area contributed by atoms with Gasteiger partial charge in [-0.05, 0) is 38.5 Å². The van der Waals surface area contributed by atoms with Crippen molar-refractivity contribution in [1.82, 2.24) is 19.8 Å². The minimum Gasteiger partial charge on any atom is -0.357 e. The highest BCUT2D eigenvalue weighted by atomic mass is 127. The van der Waals surface area contributed by atoms with Gasteiger partial charge in [-0.2, -0.15) is 0 Å². The van der Waals surface area contributed by atoms with Crippen LogP contribution < -0.4 is 10.6 Å². The number of piperidine rings is 1. The topological polar surface area (TPSA) is 77.0 Å². The molecule has 2 fully saturated rings. The Kier molecular flexibility index (Phi) is 13.8. The Bertz CT molecular complexity index is 584. The third-order valence-electron chi connectivity index (χ3n) is 6.23. The van der Waals surface area contributed by atoms with Crippen molar-refractivity contribution in [3.8, 4) is 0 Å². The monoisotopic (exact) mass is 557 g/mol. The number of aliphatic imine (C=N–C) groups is 1. The van der Waals surface area contributed by atoms with E-state index in [-0.39, 0.29) is 36.3 Å². The average molecular weight is 558 g/mol. The largest absolute Gasteiger partial charge is 0.357 e. The van der Waals surface area contributed by atoms with Crippen molar-refractivity contribution >= 4 is 40.0 Å². The van der Waals surface area contributed by atoms with Crippen molar-refractivity contribution in [1.29, 1.82) is 0 Å². The molecule has 0 amide bonds. The lowest BCUT2D eigenvalue weighted by atomic mass is 9.88. The van der Waals surface area contributed by atoms with Gasteiger partial charge in [-0.15, -0.1) is 24.0 Å². The van der Waals surface area contributed by atoms with Gasteiger partial charge in [-0.25, -0.2) is 12.7 Å². The van der Waals surface area contributed by atoms with Crippen molar-refractivity contribution < 1.29 is 8.42 Å². The molecule has 2 N–H and O–H groups in total. The third kappa shape index (κ3) is 9.56. The molecule has 1 saturated heterocycles. The minimum atomic E-state index is -3.22. The minimum absolute atomic E-state index is 0. The molecule has 0 spiro atoms. The van der Waals surface area contributed by atoms with Crippen molar-refractivity contribution in [3.05, 3.63) is 0 Å². The number of hydrogen-bond donors (Lipinski definition) is 2. The molecule has 2 aliphatic rings. The second-order valence-electron chi connectivity index (χ2n) is 8.38. The lowest BCUT2D eigenvalue weighted by Gasteiger charge is -2.36. The van der Waals surface area contributed by atoms with Crippen molar-refractivity contribution in [3.63, 3.8) is 0 Å². The van der Waals surface area contributed by atoms with E-state index in [0.717, 1.165) is 44.4 Å². The van der Waals surface area contributed by atoms with Crippen LogP contribution in [0.1, 0.15) is 65.7 Å². The summed E-state index contributed by atoms with van der Waals surface area (Å²) >= 11 is 0. The van der Waals surface area contributed by atoms with Crippen LogP contribution in [0.4, 0.5) is 0 Å². The van der Waals surface area contributed by atoms with Gasteiger partial charge in [0.15, 0.2) is 5.96 Å². The smallest absolute Gasteiger partial charge is 0.215 e. The number of hydrogen-bond acceptors (Lipinski definition) is 4. The Morgan fingerprint density at radius 2 is 1.67 bits per heavy atom. The first kappa shape index (κ1) is 27.9. The van der Waals surface area contributed by atoms with Gasteiger partial charge < -0.3 is 15.5 Å². The zero-order chi connectivity index (χ0) is 21.1. The van der Waals surface area contributed by atoms with Gasteiger partial charge in [0.05, 0.1) is 12.3 Å². The maximum absolute atomic E-state index is 12.3. The van der Waals surface area contributed by atoms with Gasteiger partial charge in [-0.1, -0.05) is 33.1 Å². The fraction of sp³-hybridized carbons (Fsp3) is 0.952. The zero-order valence-corrected chi connectivity index (χ0v) is 22.4. The first-order valence-electron chi connectivity index (χ1n) is 11.7. The molecule has 30 heavy (non-hydrogen) atoms. The van der Waals surface area contributed by atoms with Gasteiger partial charge in [0.2, 0.25) is 10.0 Å². The second-order valence-corrected chi connectivity index (χ2v) is 10.5. The Labute approximate surface area is 201 Å². The van der Waals surface area contributed by atoms with Gasteiger partial charge in [0, 0.05) is 45.3 Å². The predicted octanol–water partition coefficient (Wildman–Crippen LogP) is 2.88. The highest BCUT2D eigenvalue weighted by Gasteiger charge is 2.23. The molecule has 1 heterocycles. The molecule has 1 aliphatic carbocycles. The summed E-state index contributed by atoms with van der Waals surface area (Å²) in [7, 11) is -3.22. The van der Waals surface area contributed by atoms with Crippen LogP contribution in [0.25, 0.3) is 0 Å². The molecule has 7 nitrogen and oxygen atoms in total. The lowest BCUT2D eigenvalue weighted by Crippen LogP contribution is -2.49. The lowest BCUT2D eigenvalue weighted by molar-refractivity contribution is 0.160. The summed E-state index contributed by atoms with van der Waals surface area (Å²) < 4.78 is 26.2. The van der Waals surface area contributed by atoms with E-state index < -0.39 is 10.0 Å². The number of guanidine groups is 1. The van der Waals surface area contributed by atoms with E-state index in [2.05, 4.69) is 20.5 Å². The zero-order valence-electron chi connectivity index (χ0n) is 19.2. The first-order chi connectivity index (χ1) is 14.0. The van der Waals surface area contributed by atoms with Gasteiger partial charge >= 0.3 is 0 Å². The quantitative estimate of drug-likeness (QED) is 0.246. The Morgan fingerprint density at radius 3 is 2.23 bits per heavy atom. The van der Waals surface area contributed by atoms with Gasteiger partial charge in [0.1, 0.15) is 0 Å². The van der Waals surface area contributed by atoms with E-state index in [1.54, 1.807) is 0 Å². The molecule has 0 radical (unpaired) electrons. The molecular weight excluding hydrogens is 513 g/mol. The normalized spacial score (nSPS) is 20.2. The number of nitrogens with one attached hydrogen (secondary N) is 2. The van der Waals surface area contributed by atoms with Crippen LogP contribution in [0.3, 0.4) is 0 Å². The molecule has 9 heteroatoms.